The minimum absolute atomic E-state index is 0.741. The van der Waals surface area contributed by atoms with Crippen molar-refractivity contribution < 1.29 is 13.2 Å². The van der Waals surface area contributed by atoms with E-state index in [-0.39, 0.29) is 0 Å². The number of rotatable bonds is 0. The molecule has 0 fully saturated rings. The molecule has 1 aromatic rings. The first-order chi connectivity index (χ1) is 4.11. The molecule has 1 nitrogen and oxygen atoms in total. The second kappa shape index (κ2) is 1.98. The average molecular weight is 152 g/mol. The summed E-state index contributed by atoms with van der Waals surface area (Å²) in [5.74, 6) is 0. The zero-order valence-corrected chi connectivity index (χ0v) is 4.88. The van der Waals surface area contributed by atoms with Gasteiger partial charge in [0.25, 0.3) is 0 Å². The van der Waals surface area contributed by atoms with Crippen molar-refractivity contribution in [2.45, 2.75) is 6.18 Å². The third-order valence-corrected chi connectivity index (χ3v) is 1.23. The Balaban J connectivity index is 2.90. The molecule has 0 atom stereocenters. The maximum absolute atomic E-state index is 11.6. The molecular formula is C4HF3NS. The minimum Gasteiger partial charge on any atom is -0.190 e. The van der Waals surface area contributed by atoms with E-state index in [4.69, 9.17) is 0 Å². The first-order valence-electron chi connectivity index (χ1n) is 2.00. The Morgan fingerprint density at radius 2 is 2.22 bits per heavy atom. The topological polar surface area (TPSA) is 12.9 Å². The Morgan fingerprint density at radius 1 is 1.56 bits per heavy atom. The molecule has 1 rings (SSSR count). The average Bonchev–Trinajstić information content (AvgIpc) is 2.08. The minimum atomic E-state index is -4.28. The second-order valence-electron chi connectivity index (χ2n) is 1.34. The summed E-state index contributed by atoms with van der Waals surface area (Å²) in [6.45, 7) is 0. The van der Waals surface area contributed by atoms with E-state index in [2.05, 4.69) is 4.37 Å². The predicted octanol–water partition coefficient (Wildman–Crippen LogP) is 1.96. The van der Waals surface area contributed by atoms with Gasteiger partial charge in [-0.2, -0.15) is 17.5 Å². The van der Waals surface area contributed by atoms with Gasteiger partial charge in [0, 0.05) is 5.38 Å². The van der Waals surface area contributed by atoms with Gasteiger partial charge in [0.15, 0.2) is 0 Å². The van der Waals surface area contributed by atoms with Crippen LogP contribution < -0.4 is 0 Å². The molecule has 0 unspecified atom stereocenters. The van der Waals surface area contributed by atoms with Gasteiger partial charge in [-0.1, -0.05) is 0 Å². The van der Waals surface area contributed by atoms with Gasteiger partial charge in [-0.25, -0.2) is 0 Å². The molecule has 0 aliphatic carbocycles. The van der Waals surface area contributed by atoms with Crippen molar-refractivity contribution in [2.24, 2.45) is 0 Å². The summed E-state index contributed by atoms with van der Waals surface area (Å²) in [4.78, 5) is 0. The molecule has 0 bridgehead atoms. The fourth-order valence-corrected chi connectivity index (χ4v) is 0.807. The molecule has 0 aromatic carbocycles. The number of nitrogens with zero attached hydrogens (tertiary/aromatic N) is 1. The van der Waals surface area contributed by atoms with Gasteiger partial charge in [0.1, 0.15) is 6.20 Å². The maximum Gasteiger partial charge on any atom is 0.419 e. The van der Waals surface area contributed by atoms with Crippen molar-refractivity contribution in [1.29, 1.82) is 0 Å². The largest absolute Gasteiger partial charge is 0.419 e. The van der Waals surface area contributed by atoms with Crippen LogP contribution in [-0.4, -0.2) is 4.37 Å². The monoisotopic (exact) mass is 152 g/mol. The molecule has 1 heterocycles. The van der Waals surface area contributed by atoms with Crippen molar-refractivity contribution in [1.82, 2.24) is 4.37 Å². The third-order valence-electron chi connectivity index (χ3n) is 0.695. The van der Waals surface area contributed by atoms with E-state index in [1.165, 1.54) is 0 Å². The van der Waals surface area contributed by atoms with Crippen LogP contribution in [0.3, 0.4) is 0 Å². The van der Waals surface area contributed by atoms with Crippen LogP contribution >= 0.6 is 11.5 Å². The van der Waals surface area contributed by atoms with Crippen LogP contribution in [0.4, 0.5) is 13.2 Å². The van der Waals surface area contributed by atoms with E-state index in [1.54, 1.807) is 0 Å². The second-order valence-corrected chi connectivity index (χ2v) is 1.97. The molecule has 5 heteroatoms. The Bertz CT molecular complexity index is 178. The quantitative estimate of drug-likeness (QED) is 0.553. The Kier molecular flexibility index (Phi) is 1.44. The van der Waals surface area contributed by atoms with E-state index in [9.17, 15) is 13.2 Å². The summed E-state index contributed by atoms with van der Waals surface area (Å²) in [5, 5.41) is 0.917. The van der Waals surface area contributed by atoms with Crippen LogP contribution in [0.2, 0.25) is 0 Å². The van der Waals surface area contributed by atoms with E-state index in [1.807, 2.05) is 6.20 Å². The molecule has 0 saturated heterocycles. The highest BCUT2D eigenvalue weighted by Crippen LogP contribution is 2.28. The summed E-state index contributed by atoms with van der Waals surface area (Å²) in [6, 6.07) is 0. The zero-order chi connectivity index (χ0) is 6.91. The molecule has 0 aliphatic rings. The Morgan fingerprint density at radius 3 is 2.44 bits per heavy atom. The van der Waals surface area contributed by atoms with Gasteiger partial charge in [-0.15, -0.1) is 0 Å². The number of hydrogen-bond donors (Lipinski definition) is 0. The zero-order valence-electron chi connectivity index (χ0n) is 4.07. The van der Waals surface area contributed by atoms with Gasteiger partial charge in [-0.05, 0) is 11.5 Å². The first-order valence-corrected chi connectivity index (χ1v) is 2.83. The molecule has 49 valence electrons. The van der Waals surface area contributed by atoms with Crippen molar-refractivity contribution in [3.63, 3.8) is 0 Å². The lowest BCUT2D eigenvalue weighted by Gasteiger charge is -1.98. The van der Waals surface area contributed by atoms with Crippen LogP contribution in [0.25, 0.3) is 0 Å². The summed E-state index contributed by atoms with van der Waals surface area (Å²) in [5.41, 5.74) is -0.799. The SMILES string of the molecule is FC(F)(F)c1[c]nsc1. The Labute approximate surface area is 53.3 Å². The van der Waals surface area contributed by atoms with E-state index in [0.717, 1.165) is 16.9 Å². The summed E-state index contributed by atoms with van der Waals surface area (Å²) in [6.07, 6.45) is -2.46. The molecule has 0 aliphatic heterocycles. The number of hydrogen-bond acceptors (Lipinski definition) is 2. The first kappa shape index (κ1) is 6.54. The van der Waals surface area contributed by atoms with Crippen LogP contribution in [0.5, 0.6) is 0 Å². The number of halogens is 3. The fourth-order valence-electron chi connectivity index (χ4n) is 0.311. The van der Waals surface area contributed by atoms with E-state index in [0.29, 0.717) is 0 Å². The molecule has 0 spiro atoms. The predicted molar refractivity (Wildman–Crippen MR) is 26.0 cm³/mol. The number of aromatic nitrogens is 1. The highest BCUT2D eigenvalue weighted by atomic mass is 32.1. The smallest absolute Gasteiger partial charge is 0.190 e. The molecular weight excluding hydrogens is 151 g/mol. The van der Waals surface area contributed by atoms with E-state index >= 15 is 0 Å². The van der Waals surface area contributed by atoms with Crippen molar-refractivity contribution in [2.75, 3.05) is 0 Å². The highest BCUT2D eigenvalue weighted by molar-refractivity contribution is 7.03. The normalized spacial score (nSPS) is 11.9. The molecule has 9 heavy (non-hydrogen) atoms. The van der Waals surface area contributed by atoms with Gasteiger partial charge < -0.3 is 0 Å². The molecule has 0 saturated carbocycles. The van der Waals surface area contributed by atoms with Crippen LogP contribution in [0.1, 0.15) is 5.56 Å². The van der Waals surface area contributed by atoms with Crippen LogP contribution in [0, 0.1) is 6.20 Å². The standard InChI is InChI=1S/C4HF3NS/c5-4(6,7)3-1-8-9-2-3/h2H. The Hall–Kier alpha value is -0.580. The van der Waals surface area contributed by atoms with Gasteiger partial charge >= 0.3 is 6.18 Å². The van der Waals surface area contributed by atoms with Gasteiger partial charge in [0.2, 0.25) is 0 Å². The third kappa shape index (κ3) is 1.41. The van der Waals surface area contributed by atoms with Crippen LogP contribution in [-0.2, 0) is 6.18 Å². The van der Waals surface area contributed by atoms with Crippen LogP contribution in [0.15, 0.2) is 5.38 Å². The summed E-state index contributed by atoms with van der Waals surface area (Å²) in [7, 11) is 0. The molecule has 0 amide bonds. The maximum atomic E-state index is 11.6. The van der Waals surface area contributed by atoms with E-state index < -0.39 is 11.7 Å². The summed E-state index contributed by atoms with van der Waals surface area (Å²) < 4.78 is 37.9. The molecule has 1 radical (unpaired) electrons. The molecule has 0 N–H and O–H groups in total. The fraction of sp³-hybridized carbons (Fsp3) is 0.250. The number of alkyl halides is 3. The summed E-state index contributed by atoms with van der Waals surface area (Å²) >= 11 is 0.741. The molecule has 1 aromatic heterocycles. The van der Waals surface area contributed by atoms with Gasteiger partial charge in [0.05, 0.1) is 5.56 Å². The van der Waals surface area contributed by atoms with Gasteiger partial charge in [-0.3, -0.25) is 0 Å². The lowest BCUT2D eigenvalue weighted by atomic mass is 10.4. The van der Waals surface area contributed by atoms with Crippen molar-refractivity contribution in [3.8, 4) is 0 Å². The van der Waals surface area contributed by atoms with Crippen molar-refractivity contribution >= 4 is 11.5 Å². The van der Waals surface area contributed by atoms with Crippen molar-refractivity contribution in [3.05, 3.63) is 17.1 Å². The lowest BCUT2D eigenvalue weighted by Crippen LogP contribution is -2.02. The lowest BCUT2D eigenvalue weighted by molar-refractivity contribution is -0.137. The highest BCUT2D eigenvalue weighted by Gasteiger charge is 2.31.